The Morgan fingerprint density at radius 3 is 2.93 bits per heavy atom. The van der Waals surface area contributed by atoms with Gasteiger partial charge >= 0.3 is 5.97 Å². The number of carbonyl (C=O) groups is 1. The number of carboxylic acids is 1. The molecule has 1 atom stereocenters. The van der Waals surface area contributed by atoms with Gasteiger partial charge < -0.3 is 5.11 Å². The fourth-order valence-corrected chi connectivity index (χ4v) is 1.39. The zero-order valence-electron chi connectivity index (χ0n) is 8.31. The maximum absolute atomic E-state index is 10.7. The first-order valence-electron chi connectivity index (χ1n) is 4.85. The van der Waals surface area contributed by atoms with Gasteiger partial charge in [0.15, 0.2) is 0 Å². The van der Waals surface area contributed by atoms with Gasteiger partial charge in [0.1, 0.15) is 0 Å². The van der Waals surface area contributed by atoms with Crippen LogP contribution < -0.4 is 0 Å². The highest BCUT2D eigenvalue weighted by atomic mass is 16.4. The van der Waals surface area contributed by atoms with E-state index in [0.717, 1.165) is 12.0 Å². The van der Waals surface area contributed by atoms with E-state index in [0.29, 0.717) is 12.8 Å². The summed E-state index contributed by atoms with van der Waals surface area (Å²) < 4.78 is 0. The van der Waals surface area contributed by atoms with E-state index in [9.17, 15) is 4.79 Å². The van der Waals surface area contributed by atoms with Crippen LogP contribution in [0.4, 0.5) is 0 Å². The molecule has 0 radical (unpaired) electrons. The summed E-state index contributed by atoms with van der Waals surface area (Å²) in [6, 6.07) is 3.85. The minimum atomic E-state index is -0.698. The predicted molar refractivity (Wildman–Crippen MR) is 54.0 cm³/mol. The second-order valence-electron chi connectivity index (χ2n) is 3.34. The van der Waals surface area contributed by atoms with Crippen LogP contribution in [0.25, 0.3) is 0 Å². The maximum atomic E-state index is 10.7. The molecule has 76 valence electrons. The van der Waals surface area contributed by atoms with E-state index < -0.39 is 5.97 Å². The first-order valence-corrected chi connectivity index (χ1v) is 4.85. The minimum absolute atomic E-state index is 0.227. The highest BCUT2D eigenvalue weighted by molar-refractivity contribution is 5.69. The molecular formula is C11H15NO2. The van der Waals surface area contributed by atoms with Crippen LogP contribution >= 0.6 is 0 Å². The van der Waals surface area contributed by atoms with Crippen LogP contribution in [0.2, 0.25) is 0 Å². The molecule has 0 aromatic carbocycles. The molecule has 0 saturated heterocycles. The van der Waals surface area contributed by atoms with E-state index in [1.165, 1.54) is 0 Å². The quantitative estimate of drug-likeness (QED) is 0.779. The molecule has 3 heteroatoms. The van der Waals surface area contributed by atoms with Gasteiger partial charge in [-0.25, -0.2) is 0 Å². The molecule has 0 aliphatic rings. The molecule has 1 aromatic heterocycles. The van der Waals surface area contributed by atoms with E-state index >= 15 is 0 Å². The molecule has 1 unspecified atom stereocenters. The molecule has 1 heterocycles. The third kappa shape index (κ3) is 3.17. The van der Waals surface area contributed by atoms with Gasteiger partial charge in [-0.3, -0.25) is 9.78 Å². The number of carboxylic acid groups (broad SMARTS) is 1. The van der Waals surface area contributed by atoms with Crippen molar-refractivity contribution in [2.24, 2.45) is 5.92 Å². The Balaban J connectivity index is 2.44. The Bertz CT molecular complexity index is 285. The van der Waals surface area contributed by atoms with E-state index in [4.69, 9.17) is 5.11 Å². The summed E-state index contributed by atoms with van der Waals surface area (Å²) in [5, 5.41) is 8.84. The van der Waals surface area contributed by atoms with Gasteiger partial charge in [-0.2, -0.15) is 0 Å². The average Bonchev–Trinajstić information content (AvgIpc) is 2.20. The van der Waals surface area contributed by atoms with Gasteiger partial charge in [-0.15, -0.1) is 0 Å². The number of nitrogens with zero attached hydrogens (tertiary/aromatic N) is 1. The van der Waals surface area contributed by atoms with Crippen molar-refractivity contribution >= 4 is 5.97 Å². The molecule has 0 aliphatic heterocycles. The van der Waals surface area contributed by atoms with Crippen LogP contribution in [0.15, 0.2) is 24.5 Å². The topological polar surface area (TPSA) is 50.2 Å². The number of hydrogen-bond acceptors (Lipinski definition) is 2. The van der Waals surface area contributed by atoms with Gasteiger partial charge in [-0.1, -0.05) is 13.0 Å². The largest absolute Gasteiger partial charge is 0.481 e. The first kappa shape index (κ1) is 10.7. The molecule has 0 bridgehead atoms. The lowest BCUT2D eigenvalue weighted by Gasteiger charge is -2.08. The van der Waals surface area contributed by atoms with E-state index in [1.54, 1.807) is 12.4 Å². The molecule has 1 rings (SSSR count). The van der Waals surface area contributed by atoms with Crippen molar-refractivity contribution in [3.8, 4) is 0 Å². The molecule has 0 aliphatic carbocycles. The standard InChI is InChI=1S/C11H15NO2/c1-2-10(11(13)14)6-5-9-4-3-7-12-8-9/h3-4,7-8,10H,2,5-6H2,1H3,(H,13,14). The molecular weight excluding hydrogens is 178 g/mol. The Labute approximate surface area is 83.8 Å². The van der Waals surface area contributed by atoms with Crippen molar-refractivity contribution < 1.29 is 9.90 Å². The second-order valence-corrected chi connectivity index (χ2v) is 3.34. The SMILES string of the molecule is CCC(CCc1cccnc1)C(=O)O. The highest BCUT2D eigenvalue weighted by Gasteiger charge is 2.14. The number of hydrogen-bond donors (Lipinski definition) is 1. The number of aromatic nitrogens is 1. The van der Waals surface area contributed by atoms with Crippen molar-refractivity contribution in [3.63, 3.8) is 0 Å². The minimum Gasteiger partial charge on any atom is -0.481 e. The smallest absolute Gasteiger partial charge is 0.306 e. The Morgan fingerprint density at radius 2 is 2.43 bits per heavy atom. The van der Waals surface area contributed by atoms with Crippen LogP contribution in [0.3, 0.4) is 0 Å². The Morgan fingerprint density at radius 1 is 1.64 bits per heavy atom. The number of aryl methyl sites for hydroxylation is 1. The highest BCUT2D eigenvalue weighted by Crippen LogP contribution is 2.12. The lowest BCUT2D eigenvalue weighted by Crippen LogP contribution is -2.13. The fourth-order valence-electron chi connectivity index (χ4n) is 1.39. The maximum Gasteiger partial charge on any atom is 0.306 e. The fraction of sp³-hybridized carbons (Fsp3) is 0.455. The zero-order chi connectivity index (χ0) is 10.4. The summed E-state index contributed by atoms with van der Waals surface area (Å²) in [6.45, 7) is 1.90. The molecule has 3 nitrogen and oxygen atoms in total. The normalized spacial score (nSPS) is 12.4. The molecule has 1 N–H and O–H groups in total. The molecule has 0 spiro atoms. The van der Waals surface area contributed by atoms with Crippen LogP contribution in [0.1, 0.15) is 25.3 Å². The molecule has 1 aromatic rings. The van der Waals surface area contributed by atoms with Crippen LogP contribution in [-0.2, 0) is 11.2 Å². The number of rotatable bonds is 5. The van der Waals surface area contributed by atoms with Gasteiger partial charge in [0, 0.05) is 12.4 Å². The Hall–Kier alpha value is -1.38. The van der Waals surface area contributed by atoms with Crippen molar-refractivity contribution in [1.29, 1.82) is 0 Å². The third-order valence-electron chi connectivity index (χ3n) is 2.35. The van der Waals surface area contributed by atoms with E-state index in [2.05, 4.69) is 4.98 Å². The number of pyridine rings is 1. The second kappa shape index (κ2) is 5.37. The van der Waals surface area contributed by atoms with Crippen LogP contribution in [0.5, 0.6) is 0 Å². The van der Waals surface area contributed by atoms with Crippen molar-refractivity contribution in [1.82, 2.24) is 4.98 Å². The van der Waals surface area contributed by atoms with Gasteiger partial charge in [0.25, 0.3) is 0 Å². The summed E-state index contributed by atoms with van der Waals surface area (Å²) in [6.07, 6.45) is 5.68. The zero-order valence-corrected chi connectivity index (χ0v) is 8.31. The molecule has 0 saturated carbocycles. The summed E-state index contributed by atoms with van der Waals surface area (Å²) in [5.41, 5.74) is 1.10. The summed E-state index contributed by atoms with van der Waals surface area (Å²) in [5.74, 6) is -0.924. The van der Waals surface area contributed by atoms with E-state index in [1.807, 2.05) is 19.1 Å². The molecule has 0 amide bonds. The Kier molecular flexibility index (Phi) is 4.11. The van der Waals surface area contributed by atoms with Crippen molar-refractivity contribution in [3.05, 3.63) is 30.1 Å². The average molecular weight is 193 g/mol. The van der Waals surface area contributed by atoms with Crippen LogP contribution in [0, 0.1) is 5.92 Å². The molecule has 14 heavy (non-hydrogen) atoms. The third-order valence-corrected chi connectivity index (χ3v) is 2.35. The lowest BCUT2D eigenvalue weighted by molar-refractivity contribution is -0.142. The predicted octanol–water partition coefficient (Wildman–Crippen LogP) is 2.12. The van der Waals surface area contributed by atoms with Gasteiger partial charge in [0.05, 0.1) is 5.92 Å². The first-order chi connectivity index (χ1) is 6.74. The lowest BCUT2D eigenvalue weighted by atomic mass is 9.98. The van der Waals surface area contributed by atoms with Crippen molar-refractivity contribution in [2.45, 2.75) is 26.2 Å². The summed E-state index contributed by atoms with van der Waals surface area (Å²) >= 11 is 0. The van der Waals surface area contributed by atoms with Gasteiger partial charge in [-0.05, 0) is 30.9 Å². The monoisotopic (exact) mass is 193 g/mol. The number of aliphatic carboxylic acids is 1. The van der Waals surface area contributed by atoms with E-state index in [-0.39, 0.29) is 5.92 Å². The summed E-state index contributed by atoms with van der Waals surface area (Å²) in [7, 11) is 0. The molecule has 0 fully saturated rings. The summed E-state index contributed by atoms with van der Waals surface area (Å²) in [4.78, 5) is 14.7. The van der Waals surface area contributed by atoms with Crippen LogP contribution in [-0.4, -0.2) is 16.1 Å². The van der Waals surface area contributed by atoms with Gasteiger partial charge in [0.2, 0.25) is 0 Å². The van der Waals surface area contributed by atoms with Crippen molar-refractivity contribution in [2.75, 3.05) is 0 Å².